The number of hydrogen-bond donors (Lipinski definition) is 1. The maximum Gasteiger partial charge on any atom is 0.264 e. The second kappa shape index (κ2) is 4.94. The number of aryl methyl sites for hydroxylation is 2. The summed E-state index contributed by atoms with van der Waals surface area (Å²) in [6.07, 6.45) is 2.67. The largest absolute Gasteiger partial charge is 0.367 e. The summed E-state index contributed by atoms with van der Waals surface area (Å²) in [5, 5.41) is 0. The summed E-state index contributed by atoms with van der Waals surface area (Å²) in [4.78, 5) is 27.3. The van der Waals surface area contributed by atoms with Gasteiger partial charge in [-0.3, -0.25) is 9.59 Å². The number of primary amides is 1. The van der Waals surface area contributed by atoms with Gasteiger partial charge in [-0.25, -0.2) is 0 Å². The lowest BCUT2D eigenvalue weighted by molar-refractivity contribution is -0.133. The first kappa shape index (κ1) is 12.6. The summed E-state index contributed by atoms with van der Waals surface area (Å²) in [6, 6.07) is 2.00. The molecule has 3 rings (SSSR count). The second-order valence-corrected chi connectivity index (χ2v) is 6.06. The predicted octanol–water partition coefficient (Wildman–Crippen LogP) is 0.563. The van der Waals surface area contributed by atoms with Crippen molar-refractivity contribution in [2.45, 2.75) is 25.4 Å². The van der Waals surface area contributed by atoms with Gasteiger partial charge in [-0.05, 0) is 30.9 Å². The van der Waals surface area contributed by atoms with E-state index < -0.39 is 12.0 Å². The Kier molecular flexibility index (Phi) is 3.28. The molecule has 2 aliphatic rings. The highest BCUT2D eigenvalue weighted by atomic mass is 32.1. The maximum atomic E-state index is 12.4. The van der Waals surface area contributed by atoms with E-state index in [4.69, 9.17) is 10.5 Å². The van der Waals surface area contributed by atoms with Gasteiger partial charge >= 0.3 is 0 Å². The van der Waals surface area contributed by atoms with Crippen LogP contribution in [0.1, 0.15) is 26.5 Å². The number of amides is 2. The molecule has 2 heterocycles. The number of fused-ring (bicyclic) bond motifs is 1. The lowest BCUT2D eigenvalue weighted by Crippen LogP contribution is -2.50. The molecular weight excluding hydrogens is 264 g/mol. The van der Waals surface area contributed by atoms with E-state index in [1.165, 1.54) is 16.9 Å². The van der Waals surface area contributed by atoms with Crippen molar-refractivity contribution in [3.8, 4) is 0 Å². The standard InChI is InChI=1S/C13H16N2O3S/c14-12(16)9-7-15(4-5-18-9)13(17)11-6-8-2-1-3-10(8)19-11/h6,9H,1-5,7H2,(H2,14,16)/t9-/m0/s1. The lowest BCUT2D eigenvalue weighted by atomic mass is 10.2. The Balaban J connectivity index is 1.74. The van der Waals surface area contributed by atoms with Crippen molar-refractivity contribution in [1.82, 2.24) is 4.90 Å². The number of rotatable bonds is 2. The normalized spacial score (nSPS) is 22.3. The highest BCUT2D eigenvalue weighted by molar-refractivity contribution is 7.14. The average molecular weight is 280 g/mol. The molecule has 102 valence electrons. The van der Waals surface area contributed by atoms with Gasteiger partial charge in [0.2, 0.25) is 5.91 Å². The number of thiophene rings is 1. The zero-order chi connectivity index (χ0) is 13.4. The molecule has 1 aromatic heterocycles. The SMILES string of the molecule is NC(=O)[C@@H]1CN(C(=O)c2cc3c(s2)CCC3)CCO1. The molecule has 1 atom stereocenters. The molecule has 6 heteroatoms. The van der Waals surface area contributed by atoms with Crippen LogP contribution in [0.3, 0.4) is 0 Å². The van der Waals surface area contributed by atoms with Gasteiger partial charge in [0.1, 0.15) is 0 Å². The monoisotopic (exact) mass is 280 g/mol. The van der Waals surface area contributed by atoms with E-state index >= 15 is 0 Å². The minimum absolute atomic E-state index is 0.00560. The number of hydrogen-bond acceptors (Lipinski definition) is 4. The summed E-state index contributed by atoms with van der Waals surface area (Å²) in [6.45, 7) is 1.15. The summed E-state index contributed by atoms with van der Waals surface area (Å²) in [7, 11) is 0. The highest BCUT2D eigenvalue weighted by Gasteiger charge is 2.29. The average Bonchev–Trinajstić information content (AvgIpc) is 2.98. The van der Waals surface area contributed by atoms with E-state index in [-0.39, 0.29) is 12.5 Å². The Morgan fingerprint density at radius 1 is 1.42 bits per heavy atom. The second-order valence-electron chi connectivity index (χ2n) is 4.93. The number of carbonyl (C=O) groups excluding carboxylic acids is 2. The Bertz CT molecular complexity index is 504. The Hall–Kier alpha value is -1.40. The fraction of sp³-hybridized carbons (Fsp3) is 0.538. The van der Waals surface area contributed by atoms with Crippen LogP contribution in [0.25, 0.3) is 0 Å². The maximum absolute atomic E-state index is 12.4. The third-order valence-corrected chi connectivity index (χ3v) is 4.85. The van der Waals surface area contributed by atoms with E-state index in [1.54, 1.807) is 16.2 Å². The molecule has 0 bridgehead atoms. The van der Waals surface area contributed by atoms with Crippen LogP contribution in [-0.2, 0) is 22.4 Å². The molecule has 0 unspecified atom stereocenters. The Morgan fingerprint density at radius 3 is 3.00 bits per heavy atom. The van der Waals surface area contributed by atoms with Gasteiger partial charge in [-0.2, -0.15) is 0 Å². The van der Waals surface area contributed by atoms with Crippen molar-refractivity contribution in [3.05, 3.63) is 21.4 Å². The Labute approximate surface area is 115 Å². The highest BCUT2D eigenvalue weighted by Crippen LogP contribution is 2.31. The number of nitrogens with zero attached hydrogens (tertiary/aromatic N) is 1. The molecule has 1 fully saturated rings. The summed E-state index contributed by atoms with van der Waals surface area (Å²) >= 11 is 1.59. The van der Waals surface area contributed by atoms with Gasteiger partial charge in [0.05, 0.1) is 18.0 Å². The molecule has 0 saturated carbocycles. The van der Waals surface area contributed by atoms with E-state index in [0.29, 0.717) is 13.2 Å². The Morgan fingerprint density at radius 2 is 2.26 bits per heavy atom. The number of morpholine rings is 1. The van der Waals surface area contributed by atoms with E-state index in [0.717, 1.165) is 17.7 Å². The van der Waals surface area contributed by atoms with Crippen molar-refractivity contribution in [1.29, 1.82) is 0 Å². The predicted molar refractivity (Wildman–Crippen MR) is 71.2 cm³/mol. The molecule has 0 radical (unpaired) electrons. The van der Waals surface area contributed by atoms with Crippen LogP contribution >= 0.6 is 11.3 Å². The minimum atomic E-state index is -0.676. The first-order chi connectivity index (χ1) is 9.15. The van der Waals surface area contributed by atoms with Crippen LogP contribution in [0.15, 0.2) is 6.07 Å². The molecule has 2 N–H and O–H groups in total. The van der Waals surface area contributed by atoms with Crippen LogP contribution in [0, 0.1) is 0 Å². The van der Waals surface area contributed by atoms with Crippen molar-refractivity contribution in [2.75, 3.05) is 19.7 Å². The molecule has 2 amide bonds. The van der Waals surface area contributed by atoms with Crippen molar-refractivity contribution < 1.29 is 14.3 Å². The first-order valence-corrected chi connectivity index (χ1v) is 7.28. The van der Waals surface area contributed by atoms with E-state index in [2.05, 4.69) is 0 Å². The summed E-state index contributed by atoms with van der Waals surface area (Å²) in [5.74, 6) is -0.514. The van der Waals surface area contributed by atoms with Crippen molar-refractivity contribution in [3.63, 3.8) is 0 Å². The van der Waals surface area contributed by atoms with Crippen LogP contribution in [-0.4, -0.2) is 42.5 Å². The van der Waals surface area contributed by atoms with E-state index in [1.807, 2.05) is 6.07 Å². The summed E-state index contributed by atoms with van der Waals surface area (Å²) < 4.78 is 5.25. The molecule has 1 aromatic rings. The zero-order valence-corrected chi connectivity index (χ0v) is 11.4. The molecule has 5 nitrogen and oxygen atoms in total. The number of ether oxygens (including phenoxy) is 1. The molecular formula is C13H16N2O3S. The molecule has 1 saturated heterocycles. The molecule has 0 spiro atoms. The molecule has 1 aliphatic carbocycles. The van der Waals surface area contributed by atoms with Gasteiger partial charge in [0.25, 0.3) is 5.91 Å². The van der Waals surface area contributed by atoms with Crippen molar-refractivity contribution >= 4 is 23.2 Å². The molecule has 1 aliphatic heterocycles. The van der Waals surface area contributed by atoms with Crippen LogP contribution in [0.4, 0.5) is 0 Å². The number of carbonyl (C=O) groups is 2. The van der Waals surface area contributed by atoms with E-state index in [9.17, 15) is 9.59 Å². The van der Waals surface area contributed by atoms with Crippen LogP contribution in [0.2, 0.25) is 0 Å². The molecule has 19 heavy (non-hydrogen) atoms. The topological polar surface area (TPSA) is 72.6 Å². The third kappa shape index (κ3) is 2.37. The van der Waals surface area contributed by atoms with Crippen LogP contribution < -0.4 is 5.73 Å². The smallest absolute Gasteiger partial charge is 0.264 e. The lowest BCUT2D eigenvalue weighted by Gasteiger charge is -2.31. The van der Waals surface area contributed by atoms with Gasteiger partial charge in [0, 0.05) is 11.4 Å². The minimum Gasteiger partial charge on any atom is -0.367 e. The third-order valence-electron chi connectivity index (χ3n) is 3.63. The molecule has 0 aromatic carbocycles. The van der Waals surface area contributed by atoms with Crippen molar-refractivity contribution in [2.24, 2.45) is 5.73 Å². The van der Waals surface area contributed by atoms with Crippen LogP contribution in [0.5, 0.6) is 0 Å². The number of nitrogens with two attached hydrogens (primary N) is 1. The van der Waals surface area contributed by atoms with Gasteiger partial charge in [-0.15, -0.1) is 11.3 Å². The summed E-state index contributed by atoms with van der Waals surface area (Å²) in [5.41, 5.74) is 6.54. The zero-order valence-electron chi connectivity index (χ0n) is 10.6. The quantitative estimate of drug-likeness (QED) is 0.860. The first-order valence-electron chi connectivity index (χ1n) is 6.47. The van der Waals surface area contributed by atoms with Gasteiger partial charge in [0.15, 0.2) is 6.10 Å². The van der Waals surface area contributed by atoms with Gasteiger partial charge < -0.3 is 15.4 Å². The van der Waals surface area contributed by atoms with Gasteiger partial charge in [-0.1, -0.05) is 0 Å². The fourth-order valence-electron chi connectivity index (χ4n) is 2.60. The fourth-order valence-corrected chi connectivity index (χ4v) is 3.82.